The third-order valence-electron chi connectivity index (χ3n) is 4.50. The lowest BCUT2D eigenvalue weighted by Gasteiger charge is -2.56. The maximum Gasteiger partial charge on any atom is 0.0487 e. The van der Waals surface area contributed by atoms with Gasteiger partial charge in [-0.15, -0.1) is 0 Å². The molecular weight excluding hydrogens is 172 g/mol. The molecule has 14 heavy (non-hydrogen) atoms. The third-order valence-corrected chi connectivity index (χ3v) is 4.50. The van der Waals surface area contributed by atoms with Crippen LogP contribution < -0.4 is 0 Å². The molecule has 0 amide bonds. The van der Waals surface area contributed by atoms with Gasteiger partial charge >= 0.3 is 0 Å². The molecule has 1 N–H and O–H groups in total. The molecule has 4 rings (SSSR count). The Hall–Kier alpha value is -0.0400. The lowest BCUT2D eigenvalue weighted by atomic mass is 9.50. The lowest BCUT2D eigenvalue weighted by Crippen LogP contribution is -2.47. The Bertz CT molecular complexity index is 162. The van der Waals surface area contributed by atoms with Crippen LogP contribution >= 0.6 is 0 Å². The average molecular weight is 196 g/mol. The summed E-state index contributed by atoms with van der Waals surface area (Å²) in [5.41, 5.74) is 0.398. The van der Waals surface area contributed by atoms with Gasteiger partial charge in [0.05, 0.1) is 0 Å². The van der Waals surface area contributed by atoms with Gasteiger partial charge in [0.2, 0.25) is 0 Å². The first kappa shape index (κ1) is 10.5. The Morgan fingerprint density at radius 1 is 0.929 bits per heavy atom. The lowest BCUT2D eigenvalue weighted by molar-refractivity contribution is -0.0798. The van der Waals surface area contributed by atoms with Crippen LogP contribution in [0.2, 0.25) is 0 Å². The van der Waals surface area contributed by atoms with Crippen molar-refractivity contribution in [2.24, 2.45) is 23.2 Å². The Kier molecular flexibility index (Phi) is 2.88. The van der Waals surface area contributed by atoms with E-state index in [0.717, 1.165) is 17.8 Å². The van der Waals surface area contributed by atoms with Crippen LogP contribution in [0.3, 0.4) is 0 Å². The highest BCUT2D eigenvalue weighted by Gasteiger charge is 2.50. The van der Waals surface area contributed by atoms with Gasteiger partial charge in [0.15, 0.2) is 0 Å². The highest BCUT2D eigenvalue weighted by Crippen LogP contribution is 2.59. The van der Waals surface area contributed by atoms with Crippen molar-refractivity contribution in [2.45, 2.75) is 52.4 Å². The Balaban J connectivity index is 0.000000354. The van der Waals surface area contributed by atoms with E-state index in [1.54, 1.807) is 0 Å². The largest absolute Gasteiger partial charge is 0.396 e. The van der Waals surface area contributed by atoms with Crippen molar-refractivity contribution in [3.05, 3.63) is 0 Å². The van der Waals surface area contributed by atoms with Crippen LogP contribution in [-0.2, 0) is 0 Å². The van der Waals surface area contributed by atoms with E-state index in [1.165, 1.54) is 38.5 Å². The summed E-state index contributed by atoms with van der Waals surface area (Å²) in [7, 11) is 0. The van der Waals surface area contributed by atoms with E-state index in [1.807, 2.05) is 13.8 Å². The van der Waals surface area contributed by atoms with E-state index >= 15 is 0 Å². The standard InChI is InChI=1S/C11H18O.C2H6/c12-7-11-4-8-1-9(5-11)3-10(2-8)6-11;1-2/h8-10,12H,1-7H2;1-2H3. The second-order valence-electron chi connectivity index (χ2n) is 5.58. The van der Waals surface area contributed by atoms with Crippen LogP contribution in [0.1, 0.15) is 52.4 Å². The second-order valence-corrected chi connectivity index (χ2v) is 5.58. The molecule has 0 atom stereocenters. The van der Waals surface area contributed by atoms with Crippen molar-refractivity contribution in [1.82, 2.24) is 0 Å². The fourth-order valence-electron chi connectivity index (χ4n) is 4.48. The fraction of sp³-hybridized carbons (Fsp3) is 1.00. The van der Waals surface area contributed by atoms with E-state index in [-0.39, 0.29) is 0 Å². The molecule has 4 aliphatic carbocycles. The highest BCUT2D eigenvalue weighted by atomic mass is 16.3. The molecule has 4 bridgehead atoms. The smallest absolute Gasteiger partial charge is 0.0487 e. The summed E-state index contributed by atoms with van der Waals surface area (Å²) in [4.78, 5) is 0. The zero-order valence-corrected chi connectivity index (χ0v) is 9.63. The van der Waals surface area contributed by atoms with Crippen LogP contribution in [0.15, 0.2) is 0 Å². The number of hydrogen-bond acceptors (Lipinski definition) is 1. The van der Waals surface area contributed by atoms with Crippen molar-refractivity contribution in [2.75, 3.05) is 6.61 Å². The minimum Gasteiger partial charge on any atom is -0.396 e. The van der Waals surface area contributed by atoms with E-state index < -0.39 is 0 Å². The van der Waals surface area contributed by atoms with Gasteiger partial charge in [-0.3, -0.25) is 0 Å². The van der Waals surface area contributed by atoms with Crippen molar-refractivity contribution < 1.29 is 5.11 Å². The Labute approximate surface area is 87.9 Å². The molecule has 0 aromatic heterocycles. The Morgan fingerprint density at radius 3 is 1.57 bits per heavy atom. The molecule has 4 fully saturated rings. The number of aliphatic hydroxyl groups is 1. The van der Waals surface area contributed by atoms with E-state index in [9.17, 15) is 5.11 Å². The SMILES string of the molecule is CC.OCC12CC3CC(CC(C3)C1)C2. The first-order valence-electron chi connectivity index (χ1n) is 6.40. The monoisotopic (exact) mass is 196 g/mol. The van der Waals surface area contributed by atoms with Crippen LogP contribution in [-0.4, -0.2) is 11.7 Å². The van der Waals surface area contributed by atoms with E-state index in [4.69, 9.17) is 0 Å². The molecule has 0 saturated heterocycles. The van der Waals surface area contributed by atoms with Gasteiger partial charge in [-0.1, -0.05) is 13.8 Å². The molecule has 0 heterocycles. The zero-order chi connectivity index (χ0) is 10.2. The topological polar surface area (TPSA) is 20.2 Å². The molecule has 0 spiro atoms. The minimum atomic E-state index is 0.398. The third kappa shape index (κ3) is 1.60. The molecule has 4 aliphatic rings. The quantitative estimate of drug-likeness (QED) is 0.682. The van der Waals surface area contributed by atoms with Gasteiger partial charge in [0.25, 0.3) is 0 Å². The summed E-state index contributed by atoms with van der Waals surface area (Å²) in [5, 5.41) is 9.43. The molecular formula is C13H24O. The van der Waals surface area contributed by atoms with Gasteiger partial charge < -0.3 is 5.11 Å². The molecule has 0 unspecified atom stereocenters. The van der Waals surface area contributed by atoms with Crippen LogP contribution in [0.5, 0.6) is 0 Å². The summed E-state index contributed by atoms with van der Waals surface area (Å²) in [6.45, 7) is 4.47. The first-order valence-corrected chi connectivity index (χ1v) is 6.40. The van der Waals surface area contributed by atoms with E-state index in [2.05, 4.69) is 0 Å². The molecule has 0 aliphatic heterocycles. The molecule has 0 aromatic carbocycles. The summed E-state index contributed by atoms with van der Waals surface area (Å²) in [6, 6.07) is 0. The molecule has 0 aromatic rings. The number of hydrogen-bond donors (Lipinski definition) is 1. The molecule has 0 radical (unpaired) electrons. The zero-order valence-electron chi connectivity index (χ0n) is 9.63. The summed E-state index contributed by atoms with van der Waals surface area (Å²) in [6.07, 6.45) is 8.48. The van der Waals surface area contributed by atoms with Crippen molar-refractivity contribution in [3.63, 3.8) is 0 Å². The van der Waals surface area contributed by atoms with Crippen molar-refractivity contribution in [1.29, 1.82) is 0 Å². The summed E-state index contributed by atoms with van der Waals surface area (Å²) in [5.74, 6) is 2.97. The molecule has 82 valence electrons. The average Bonchev–Trinajstić information content (AvgIpc) is 2.19. The Morgan fingerprint density at radius 2 is 1.29 bits per heavy atom. The number of rotatable bonds is 1. The molecule has 1 heteroatoms. The summed E-state index contributed by atoms with van der Waals surface area (Å²) >= 11 is 0. The minimum absolute atomic E-state index is 0.398. The van der Waals surface area contributed by atoms with Gasteiger partial charge in [0, 0.05) is 6.61 Å². The van der Waals surface area contributed by atoms with Crippen LogP contribution in [0.4, 0.5) is 0 Å². The maximum atomic E-state index is 9.43. The normalized spacial score (nSPS) is 48.6. The van der Waals surface area contributed by atoms with Gasteiger partial charge in [0.1, 0.15) is 0 Å². The first-order chi connectivity index (χ1) is 6.80. The van der Waals surface area contributed by atoms with Gasteiger partial charge in [-0.2, -0.15) is 0 Å². The predicted molar refractivity (Wildman–Crippen MR) is 59.0 cm³/mol. The van der Waals surface area contributed by atoms with Crippen molar-refractivity contribution in [3.8, 4) is 0 Å². The predicted octanol–water partition coefficient (Wildman–Crippen LogP) is 3.22. The van der Waals surface area contributed by atoms with E-state index in [0.29, 0.717) is 12.0 Å². The van der Waals surface area contributed by atoms with Gasteiger partial charge in [-0.05, 0) is 61.7 Å². The summed E-state index contributed by atoms with van der Waals surface area (Å²) < 4.78 is 0. The van der Waals surface area contributed by atoms with Crippen LogP contribution in [0.25, 0.3) is 0 Å². The van der Waals surface area contributed by atoms with Crippen molar-refractivity contribution >= 4 is 0 Å². The number of aliphatic hydroxyl groups excluding tert-OH is 1. The maximum absolute atomic E-state index is 9.43. The van der Waals surface area contributed by atoms with Crippen LogP contribution in [0, 0.1) is 23.2 Å². The highest BCUT2D eigenvalue weighted by molar-refractivity contribution is 5.00. The second kappa shape index (κ2) is 3.84. The van der Waals surface area contributed by atoms with Gasteiger partial charge in [-0.25, -0.2) is 0 Å². The fourth-order valence-corrected chi connectivity index (χ4v) is 4.48. The molecule has 4 saturated carbocycles. The molecule has 1 nitrogen and oxygen atoms in total.